The molecule has 0 heterocycles. The summed E-state index contributed by atoms with van der Waals surface area (Å²) in [5, 5.41) is 19.2. The van der Waals surface area contributed by atoms with Crippen molar-refractivity contribution in [1.29, 1.82) is 5.26 Å². The number of halogens is 1. The molecule has 84 valence electrons. The normalized spacial score (nSPS) is 9.25. The van der Waals surface area contributed by atoms with Crippen LogP contribution in [-0.2, 0) is 0 Å². The summed E-state index contributed by atoms with van der Waals surface area (Å²) in [7, 11) is 0. The topological polar surface area (TPSA) is 82.3 Å². The fraction of sp³-hybridized carbons (Fsp3) is 0.200. The number of carbonyl (C=O) groups is 1. The molecule has 1 rings (SSSR count). The number of amides is 1. The summed E-state index contributed by atoms with van der Waals surface area (Å²) in [6, 6.07) is 6.95. The minimum Gasteiger partial charge on any atom is -0.491 e. The average molecular weight is 285 g/mol. The van der Waals surface area contributed by atoms with Crippen LogP contribution in [-0.4, -0.2) is 24.4 Å². The molecule has 2 N–H and O–H groups in total. The second-order valence-electron chi connectivity index (χ2n) is 2.84. The van der Waals surface area contributed by atoms with E-state index in [9.17, 15) is 4.79 Å². The molecule has 16 heavy (non-hydrogen) atoms. The summed E-state index contributed by atoms with van der Waals surface area (Å²) in [5.41, 5.74) is 0.490. The van der Waals surface area contributed by atoms with E-state index in [0.29, 0.717) is 11.3 Å². The molecular formula is C10H9BrN2O3. The van der Waals surface area contributed by atoms with Crippen molar-refractivity contribution in [1.82, 2.24) is 5.32 Å². The van der Waals surface area contributed by atoms with Gasteiger partial charge in [-0.3, -0.25) is 0 Å². The van der Waals surface area contributed by atoms with E-state index in [1.54, 1.807) is 18.2 Å². The lowest BCUT2D eigenvalue weighted by molar-refractivity contribution is 0.191. The van der Waals surface area contributed by atoms with Gasteiger partial charge in [0.15, 0.2) is 0 Å². The highest BCUT2D eigenvalue weighted by molar-refractivity contribution is 9.10. The van der Waals surface area contributed by atoms with E-state index in [1.807, 2.05) is 6.07 Å². The molecule has 5 nitrogen and oxygen atoms in total. The lowest BCUT2D eigenvalue weighted by Gasteiger charge is -2.08. The first kappa shape index (κ1) is 12.3. The second kappa shape index (κ2) is 5.98. The van der Waals surface area contributed by atoms with Gasteiger partial charge in [-0.2, -0.15) is 5.26 Å². The number of nitrogens with zero attached hydrogens (tertiary/aromatic N) is 1. The van der Waals surface area contributed by atoms with Crippen molar-refractivity contribution in [2.45, 2.75) is 0 Å². The Bertz CT molecular complexity index is 429. The summed E-state index contributed by atoms with van der Waals surface area (Å²) >= 11 is 3.27. The fourth-order valence-corrected chi connectivity index (χ4v) is 1.36. The molecule has 6 heteroatoms. The van der Waals surface area contributed by atoms with Crippen LogP contribution in [0.1, 0.15) is 5.56 Å². The summed E-state index contributed by atoms with van der Waals surface area (Å²) in [4.78, 5) is 10.2. The van der Waals surface area contributed by atoms with Crippen molar-refractivity contribution >= 4 is 22.0 Å². The zero-order valence-electron chi connectivity index (χ0n) is 8.24. The van der Waals surface area contributed by atoms with Gasteiger partial charge in [-0.25, -0.2) is 4.79 Å². The highest BCUT2D eigenvalue weighted by Crippen LogP contribution is 2.25. The quantitative estimate of drug-likeness (QED) is 0.828. The van der Waals surface area contributed by atoms with Gasteiger partial charge >= 0.3 is 6.09 Å². The van der Waals surface area contributed by atoms with Gasteiger partial charge < -0.3 is 15.2 Å². The first-order valence-electron chi connectivity index (χ1n) is 4.42. The van der Waals surface area contributed by atoms with Crippen molar-refractivity contribution in [3.63, 3.8) is 0 Å². The van der Waals surface area contributed by atoms with Gasteiger partial charge in [-0.15, -0.1) is 0 Å². The highest BCUT2D eigenvalue weighted by Gasteiger charge is 2.02. The van der Waals surface area contributed by atoms with Gasteiger partial charge in [0.25, 0.3) is 0 Å². The van der Waals surface area contributed by atoms with E-state index in [1.165, 1.54) is 0 Å². The molecule has 0 aliphatic heterocycles. The summed E-state index contributed by atoms with van der Waals surface area (Å²) in [6.45, 7) is 0.401. The minimum atomic E-state index is -1.09. The number of hydrogen-bond donors (Lipinski definition) is 2. The van der Waals surface area contributed by atoms with Gasteiger partial charge in [0, 0.05) is 0 Å². The van der Waals surface area contributed by atoms with Crippen LogP contribution in [0.25, 0.3) is 0 Å². The predicted octanol–water partition coefficient (Wildman–Crippen LogP) is 1.97. The van der Waals surface area contributed by atoms with Crippen molar-refractivity contribution in [3.05, 3.63) is 28.2 Å². The van der Waals surface area contributed by atoms with Crippen LogP contribution in [0.5, 0.6) is 5.75 Å². The first-order chi connectivity index (χ1) is 7.63. The average Bonchev–Trinajstić information content (AvgIpc) is 2.26. The number of nitrogens with one attached hydrogen (secondary N) is 1. The summed E-state index contributed by atoms with van der Waals surface area (Å²) in [5.74, 6) is 0.520. The third-order valence-corrected chi connectivity index (χ3v) is 2.35. The molecule has 0 saturated carbocycles. The van der Waals surface area contributed by atoms with Crippen LogP contribution < -0.4 is 10.1 Å². The third-order valence-electron chi connectivity index (χ3n) is 1.70. The maximum absolute atomic E-state index is 10.2. The molecule has 1 aromatic rings. The van der Waals surface area contributed by atoms with Gasteiger partial charge in [0.2, 0.25) is 0 Å². The van der Waals surface area contributed by atoms with Gasteiger partial charge in [-0.05, 0) is 34.1 Å². The number of rotatable bonds is 4. The summed E-state index contributed by atoms with van der Waals surface area (Å²) < 4.78 is 6.03. The molecular weight excluding hydrogens is 276 g/mol. The maximum atomic E-state index is 10.2. The number of nitriles is 1. The molecule has 0 bridgehead atoms. The van der Waals surface area contributed by atoms with Gasteiger partial charge in [0.1, 0.15) is 12.4 Å². The van der Waals surface area contributed by atoms with Crippen LogP contribution >= 0.6 is 15.9 Å². The Hall–Kier alpha value is -1.74. The molecule has 0 atom stereocenters. The minimum absolute atomic E-state index is 0.193. The van der Waals surface area contributed by atoms with Crippen molar-refractivity contribution < 1.29 is 14.6 Å². The highest BCUT2D eigenvalue weighted by atomic mass is 79.9. The molecule has 1 amide bonds. The van der Waals surface area contributed by atoms with E-state index in [4.69, 9.17) is 15.1 Å². The number of ether oxygens (including phenoxy) is 1. The van der Waals surface area contributed by atoms with Crippen molar-refractivity contribution in [2.24, 2.45) is 0 Å². The van der Waals surface area contributed by atoms with Crippen LogP contribution in [0.4, 0.5) is 4.79 Å². The Morgan fingerprint density at radius 1 is 1.62 bits per heavy atom. The molecule has 0 spiro atoms. The monoisotopic (exact) mass is 284 g/mol. The molecule has 0 saturated heterocycles. The Kier molecular flexibility index (Phi) is 4.61. The van der Waals surface area contributed by atoms with Crippen LogP contribution in [0, 0.1) is 11.3 Å². The maximum Gasteiger partial charge on any atom is 0.404 e. The molecule has 0 fully saturated rings. The predicted molar refractivity (Wildman–Crippen MR) is 60.4 cm³/mol. The van der Waals surface area contributed by atoms with E-state index in [0.717, 1.165) is 4.47 Å². The standard InChI is InChI=1S/C10H9BrN2O3/c11-8-2-1-7(6-12)5-9(8)16-4-3-13-10(14)15/h1-2,5,13H,3-4H2,(H,14,15). The zero-order chi connectivity index (χ0) is 12.0. The smallest absolute Gasteiger partial charge is 0.404 e. The third kappa shape index (κ3) is 3.79. The summed E-state index contributed by atoms with van der Waals surface area (Å²) in [6.07, 6.45) is -1.09. The van der Waals surface area contributed by atoms with E-state index < -0.39 is 6.09 Å². The molecule has 0 unspecified atom stereocenters. The van der Waals surface area contributed by atoms with Crippen LogP contribution in [0.15, 0.2) is 22.7 Å². The van der Waals surface area contributed by atoms with Crippen LogP contribution in [0.3, 0.4) is 0 Å². The zero-order valence-corrected chi connectivity index (χ0v) is 9.82. The lowest BCUT2D eigenvalue weighted by atomic mass is 10.2. The fourth-order valence-electron chi connectivity index (χ4n) is 1.00. The van der Waals surface area contributed by atoms with Crippen molar-refractivity contribution in [3.8, 4) is 11.8 Å². The Labute approximate surface area is 101 Å². The Morgan fingerprint density at radius 3 is 3.00 bits per heavy atom. The number of hydrogen-bond acceptors (Lipinski definition) is 3. The SMILES string of the molecule is N#Cc1ccc(Br)c(OCCNC(=O)O)c1. The van der Waals surface area contributed by atoms with Gasteiger partial charge in [0.05, 0.1) is 22.7 Å². The van der Waals surface area contributed by atoms with E-state index in [2.05, 4.69) is 21.2 Å². The Morgan fingerprint density at radius 2 is 2.38 bits per heavy atom. The largest absolute Gasteiger partial charge is 0.491 e. The molecule has 1 aromatic carbocycles. The van der Waals surface area contributed by atoms with Crippen molar-refractivity contribution in [2.75, 3.05) is 13.2 Å². The number of benzene rings is 1. The molecule has 0 radical (unpaired) electrons. The Balaban J connectivity index is 2.53. The first-order valence-corrected chi connectivity index (χ1v) is 5.22. The van der Waals surface area contributed by atoms with E-state index >= 15 is 0 Å². The lowest BCUT2D eigenvalue weighted by Crippen LogP contribution is -2.26. The molecule has 0 aliphatic carbocycles. The van der Waals surface area contributed by atoms with Crippen LogP contribution in [0.2, 0.25) is 0 Å². The van der Waals surface area contributed by atoms with E-state index in [-0.39, 0.29) is 13.2 Å². The molecule has 0 aliphatic rings. The van der Waals surface area contributed by atoms with Gasteiger partial charge in [-0.1, -0.05) is 0 Å². The number of carboxylic acid groups (broad SMARTS) is 1. The second-order valence-corrected chi connectivity index (χ2v) is 3.69. The molecule has 0 aromatic heterocycles.